The normalized spacial score (nSPS) is 17.6. The summed E-state index contributed by atoms with van der Waals surface area (Å²) in [6, 6.07) is 7.54. The summed E-state index contributed by atoms with van der Waals surface area (Å²) in [5.41, 5.74) is -0.668. The van der Waals surface area contributed by atoms with E-state index in [0.29, 0.717) is 55.1 Å². The van der Waals surface area contributed by atoms with E-state index in [1.54, 1.807) is 28.0 Å². The Bertz CT molecular complexity index is 1070. The average molecular weight is 479 g/mol. The predicted octanol–water partition coefficient (Wildman–Crippen LogP) is 3.91. The van der Waals surface area contributed by atoms with Gasteiger partial charge in [-0.2, -0.15) is 13.2 Å². The van der Waals surface area contributed by atoms with Crippen LogP contribution in [0.25, 0.3) is 0 Å². The lowest BCUT2D eigenvalue weighted by Crippen LogP contribution is -2.57. The fraction of sp³-hybridized carbons (Fsp3) is 0.500. The number of hydrogen-bond acceptors (Lipinski definition) is 4. The van der Waals surface area contributed by atoms with Gasteiger partial charge in [-0.15, -0.1) is 0 Å². The Morgan fingerprint density at radius 1 is 1.06 bits per heavy atom. The molecule has 7 nitrogen and oxygen atoms in total. The zero-order valence-corrected chi connectivity index (χ0v) is 19.4. The quantitative estimate of drug-likeness (QED) is 0.611. The summed E-state index contributed by atoms with van der Waals surface area (Å²) >= 11 is 0. The Morgan fingerprint density at radius 2 is 1.76 bits per heavy atom. The van der Waals surface area contributed by atoms with Crippen molar-refractivity contribution in [2.24, 2.45) is 0 Å². The number of carbonyl (C=O) groups is 2. The van der Waals surface area contributed by atoms with Crippen LogP contribution in [0.2, 0.25) is 0 Å². The van der Waals surface area contributed by atoms with E-state index in [9.17, 15) is 22.8 Å². The molecule has 10 heteroatoms. The summed E-state index contributed by atoms with van der Waals surface area (Å²) in [5.74, 6) is 0.783. The van der Waals surface area contributed by atoms with Gasteiger partial charge in [-0.25, -0.2) is 0 Å². The van der Waals surface area contributed by atoms with E-state index in [2.05, 4.69) is 0 Å². The molecule has 2 aromatic rings. The molecule has 1 fully saturated rings. The highest BCUT2D eigenvalue weighted by atomic mass is 19.4. The Kier molecular flexibility index (Phi) is 6.26. The molecular formula is C24H28F3N3O4. The van der Waals surface area contributed by atoms with Crippen LogP contribution in [0.1, 0.15) is 48.4 Å². The van der Waals surface area contributed by atoms with Crippen molar-refractivity contribution in [3.05, 3.63) is 47.3 Å². The van der Waals surface area contributed by atoms with Gasteiger partial charge < -0.3 is 23.8 Å². The maximum atomic E-state index is 13.5. The van der Waals surface area contributed by atoms with Crippen LogP contribution in [-0.4, -0.2) is 59.5 Å². The van der Waals surface area contributed by atoms with E-state index in [4.69, 9.17) is 9.47 Å². The van der Waals surface area contributed by atoms with Gasteiger partial charge >= 0.3 is 6.18 Å². The fourth-order valence-corrected chi connectivity index (χ4v) is 5.04. The molecule has 0 N–H and O–H groups in total. The first-order valence-electron chi connectivity index (χ1n) is 11.2. The number of benzene rings is 1. The topological polar surface area (TPSA) is 64.0 Å². The van der Waals surface area contributed by atoms with E-state index in [0.717, 1.165) is 6.07 Å². The predicted molar refractivity (Wildman–Crippen MR) is 118 cm³/mol. The van der Waals surface area contributed by atoms with E-state index >= 15 is 0 Å². The number of piperidine rings is 1. The number of amides is 2. The highest BCUT2D eigenvalue weighted by Crippen LogP contribution is 2.44. The van der Waals surface area contributed by atoms with E-state index in [-0.39, 0.29) is 25.1 Å². The Balaban J connectivity index is 1.56. The molecule has 0 atom stereocenters. The van der Waals surface area contributed by atoms with Crippen LogP contribution in [0, 0.1) is 0 Å². The van der Waals surface area contributed by atoms with Gasteiger partial charge in [-0.3, -0.25) is 9.59 Å². The summed E-state index contributed by atoms with van der Waals surface area (Å²) in [4.78, 5) is 28.3. The molecule has 2 aliphatic heterocycles. The van der Waals surface area contributed by atoms with Gasteiger partial charge in [-0.1, -0.05) is 0 Å². The average Bonchev–Trinajstić information content (AvgIpc) is 3.25. The number of nitrogens with zero attached hydrogens (tertiary/aromatic N) is 3. The van der Waals surface area contributed by atoms with Gasteiger partial charge in [0.15, 0.2) is 11.5 Å². The number of carbonyl (C=O) groups excluding carboxylic acids is 2. The maximum absolute atomic E-state index is 13.5. The molecule has 0 unspecified atom stereocenters. The summed E-state index contributed by atoms with van der Waals surface area (Å²) in [5, 5.41) is 0. The van der Waals surface area contributed by atoms with Gasteiger partial charge in [0.25, 0.3) is 5.91 Å². The second-order valence-electron chi connectivity index (χ2n) is 8.91. The number of fused-ring (bicyclic) bond motifs is 2. The molecule has 4 rings (SSSR count). The lowest BCUT2D eigenvalue weighted by molar-refractivity contribution is -0.145. The van der Waals surface area contributed by atoms with Crippen molar-refractivity contribution in [2.45, 2.75) is 51.1 Å². The van der Waals surface area contributed by atoms with E-state index in [1.807, 2.05) is 13.8 Å². The molecule has 0 bridgehead atoms. The van der Waals surface area contributed by atoms with Crippen molar-refractivity contribution in [1.29, 1.82) is 0 Å². The summed E-state index contributed by atoms with van der Waals surface area (Å²) in [6.07, 6.45) is -3.11. The number of rotatable bonds is 5. The number of alkyl halides is 3. The lowest BCUT2D eigenvalue weighted by Gasteiger charge is -2.50. The van der Waals surface area contributed by atoms with Gasteiger partial charge in [0.2, 0.25) is 6.41 Å². The summed E-state index contributed by atoms with van der Waals surface area (Å²) in [7, 11) is 1.50. The first-order valence-corrected chi connectivity index (χ1v) is 11.2. The fourth-order valence-electron chi connectivity index (χ4n) is 5.04. The third-order valence-corrected chi connectivity index (χ3v) is 6.64. The van der Waals surface area contributed by atoms with Crippen molar-refractivity contribution in [3.8, 4) is 11.5 Å². The zero-order chi connectivity index (χ0) is 24.7. The first kappa shape index (κ1) is 24.0. The second kappa shape index (κ2) is 8.88. The smallest absolute Gasteiger partial charge is 0.431 e. The molecule has 2 amide bonds. The third kappa shape index (κ3) is 4.10. The minimum Gasteiger partial charge on any atom is -0.493 e. The molecule has 0 radical (unpaired) electrons. The van der Waals surface area contributed by atoms with E-state index in [1.165, 1.54) is 17.7 Å². The maximum Gasteiger partial charge on any atom is 0.431 e. The second-order valence-corrected chi connectivity index (χ2v) is 8.91. The number of likely N-dealkylation sites (tertiary alicyclic amines) is 1. The minimum atomic E-state index is -4.47. The molecule has 1 aromatic carbocycles. The van der Waals surface area contributed by atoms with Crippen LogP contribution in [0.4, 0.5) is 13.2 Å². The number of aromatic nitrogens is 1. The molecule has 0 saturated carbocycles. The van der Waals surface area contributed by atoms with Crippen LogP contribution < -0.4 is 9.47 Å². The SMILES string of the molecule is COc1cc(C(=O)N2CCC3(CC2)c2ccc(C(F)(F)F)n2CCN3C=O)ccc1OC(C)C. The minimum absolute atomic E-state index is 0.0539. The van der Waals surface area contributed by atoms with Crippen LogP contribution in [-0.2, 0) is 23.1 Å². The molecule has 1 spiro atoms. The Hall–Kier alpha value is -3.17. The largest absolute Gasteiger partial charge is 0.493 e. The standard InChI is InChI=1S/C24H28F3N3O4/c1-16(2)34-18-5-4-17(14-19(18)33-3)22(32)28-10-8-23(9-11-28)20-6-7-21(24(25,26)27)30(20)13-12-29(23)15-31/h4-7,14-16H,8-13H2,1-3H3. The van der Waals surface area contributed by atoms with Crippen molar-refractivity contribution in [1.82, 2.24) is 14.4 Å². The first-order chi connectivity index (χ1) is 16.1. The molecule has 184 valence electrons. The third-order valence-electron chi connectivity index (χ3n) is 6.64. The number of hydrogen-bond donors (Lipinski definition) is 0. The van der Waals surface area contributed by atoms with E-state index < -0.39 is 17.4 Å². The van der Waals surface area contributed by atoms with Crippen molar-refractivity contribution < 1.29 is 32.2 Å². The number of ether oxygens (including phenoxy) is 2. The van der Waals surface area contributed by atoms with Gasteiger partial charge in [-0.05, 0) is 57.0 Å². The molecule has 2 aliphatic rings. The summed E-state index contributed by atoms with van der Waals surface area (Å²) in [6.45, 7) is 4.68. The van der Waals surface area contributed by atoms with Crippen LogP contribution >= 0.6 is 0 Å². The number of methoxy groups -OCH3 is 1. The monoisotopic (exact) mass is 479 g/mol. The zero-order valence-electron chi connectivity index (χ0n) is 19.4. The molecule has 0 aliphatic carbocycles. The highest BCUT2D eigenvalue weighted by Gasteiger charge is 2.48. The van der Waals surface area contributed by atoms with Crippen LogP contribution in [0.15, 0.2) is 30.3 Å². The van der Waals surface area contributed by atoms with Crippen LogP contribution in [0.5, 0.6) is 11.5 Å². The van der Waals surface area contributed by atoms with Crippen molar-refractivity contribution in [3.63, 3.8) is 0 Å². The molecule has 3 heterocycles. The van der Waals surface area contributed by atoms with Crippen LogP contribution in [0.3, 0.4) is 0 Å². The van der Waals surface area contributed by atoms with Gasteiger partial charge in [0.05, 0.1) is 18.8 Å². The van der Waals surface area contributed by atoms with Gasteiger partial charge in [0, 0.05) is 37.4 Å². The number of halogens is 3. The molecule has 1 saturated heterocycles. The highest BCUT2D eigenvalue weighted by molar-refractivity contribution is 5.95. The van der Waals surface area contributed by atoms with Crippen molar-refractivity contribution in [2.75, 3.05) is 26.7 Å². The molecule has 1 aromatic heterocycles. The summed E-state index contributed by atoms with van der Waals surface area (Å²) < 4.78 is 52.8. The molecule has 34 heavy (non-hydrogen) atoms. The van der Waals surface area contributed by atoms with Crippen molar-refractivity contribution >= 4 is 12.3 Å². The Labute approximate surface area is 196 Å². The molecular weight excluding hydrogens is 451 g/mol. The van der Waals surface area contributed by atoms with Gasteiger partial charge in [0.1, 0.15) is 5.69 Å². The Morgan fingerprint density at radius 3 is 2.35 bits per heavy atom. The lowest BCUT2D eigenvalue weighted by atomic mass is 9.81.